The predicted octanol–water partition coefficient (Wildman–Crippen LogP) is 1.74. The van der Waals surface area contributed by atoms with Gasteiger partial charge in [-0.25, -0.2) is 8.42 Å². The molecule has 0 fully saturated rings. The van der Waals surface area contributed by atoms with Gasteiger partial charge in [-0.1, -0.05) is 6.92 Å². The van der Waals surface area contributed by atoms with Gasteiger partial charge in [0.15, 0.2) is 0 Å². The summed E-state index contributed by atoms with van der Waals surface area (Å²) in [6.45, 7) is 5.73. The van der Waals surface area contributed by atoms with Gasteiger partial charge in [-0.3, -0.25) is 4.57 Å². The molecule has 1 aromatic heterocycles. The molecule has 0 saturated carbocycles. The van der Waals surface area contributed by atoms with Crippen LogP contribution in [0.2, 0.25) is 0 Å². The van der Waals surface area contributed by atoms with Crippen LogP contribution in [-0.2, 0) is 15.5 Å². The molecule has 15 heavy (non-hydrogen) atoms. The van der Waals surface area contributed by atoms with E-state index in [1.807, 2.05) is 20.8 Å². The van der Waals surface area contributed by atoms with E-state index in [1.165, 1.54) is 0 Å². The topological polar surface area (TPSA) is 64.8 Å². The van der Waals surface area contributed by atoms with Gasteiger partial charge in [-0.2, -0.15) is 0 Å². The molecule has 0 aliphatic carbocycles. The average molecular weight is 252 g/mol. The molecule has 0 aliphatic rings. The minimum atomic E-state index is -3.81. The highest BCUT2D eigenvalue weighted by Crippen LogP contribution is 2.19. The van der Waals surface area contributed by atoms with E-state index in [9.17, 15) is 8.42 Å². The first-order chi connectivity index (χ1) is 6.88. The van der Waals surface area contributed by atoms with Crippen LogP contribution in [0.15, 0.2) is 5.16 Å². The Morgan fingerprint density at radius 1 is 1.40 bits per heavy atom. The number of aromatic nitrogens is 3. The van der Waals surface area contributed by atoms with Crippen LogP contribution in [0.25, 0.3) is 0 Å². The lowest BCUT2D eigenvalue weighted by atomic mass is 10.3. The maximum atomic E-state index is 11.2. The van der Waals surface area contributed by atoms with Gasteiger partial charge in [0.05, 0.1) is 0 Å². The quantitative estimate of drug-likeness (QED) is 0.765. The van der Waals surface area contributed by atoms with Crippen LogP contribution in [0.3, 0.4) is 0 Å². The normalized spacial score (nSPS) is 12.3. The lowest BCUT2D eigenvalue weighted by Crippen LogP contribution is -2.11. The van der Waals surface area contributed by atoms with E-state index >= 15 is 0 Å². The van der Waals surface area contributed by atoms with Crippen molar-refractivity contribution in [3.8, 4) is 0 Å². The molecule has 1 aromatic rings. The van der Waals surface area contributed by atoms with Crippen molar-refractivity contribution >= 4 is 19.7 Å². The first-order valence-electron chi connectivity index (χ1n) is 4.76. The zero-order valence-corrected chi connectivity index (χ0v) is 10.5. The summed E-state index contributed by atoms with van der Waals surface area (Å²) in [5, 5.41) is 7.30. The first-order valence-corrected chi connectivity index (χ1v) is 7.07. The Hall–Kier alpha value is -0.620. The van der Waals surface area contributed by atoms with E-state index in [2.05, 4.69) is 10.2 Å². The lowest BCUT2D eigenvalue weighted by Gasteiger charge is -2.11. The number of halogens is 1. The Labute approximate surface area is 93.9 Å². The fraction of sp³-hybridized carbons (Fsp3) is 0.750. The van der Waals surface area contributed by atoms with Gasteiger partial charge in [-0.05, 0) is 20.3 Å². The van der Waals surface area contributed by atoms with E-state index in [-0.39, 0.29) is 11.2 Å². The number of aryl methyl sites for hydroxylation is 1. The molecule has 7 heteroatoms. The molecule has 0 amide bonds. The zero-order chi connectivity index (χ0) is 11.6. The van der Waals surface area contributed by atoms with E-state index in [0.717, 1.165) is 6.42 Å². The summed E-state index contributed by atoms with van der Waals surface area (Å²) >= 11 is 0. The molecule has 0 unspecified atom stereocenters. The van der Waals surface area contributed by atoms with Crippen molar-refractivity contribution in [2.24, 2.45) is 0 Å². The summed E-state index contributed by atoms with van der Waals surface area (Å²) in [7, 11) is 1.46. The monoisotopic (exact) mass is 251 g/mol. The zero-order valence-electron chi connectivity index (χ0n) is 8.94. The second-order valence-electron chi connectivity index (χ2n) is 3.55. The highest BCUT2D eigenvalue weighted by atomic mass is 35.7. The smallest absolute Gasteiger partial charge is 0.296 e. The molecule has 0 N–H and O–H groups in total. The van der Waals surface area contributed by atoms with Gasteiger partial charge in [0.2, 0.25) is 0 Å². The first kappa shape index (κ1) is 12.4. The molecule has 1 heterocycles. The number of nitrogens with zero attached hydrogens (tertiary/aromatic N) is 3. The summed E-state index contributed by atoms with van der Waals surface area (Å²) in [4.78, 5) is 0. The molecule has 0 spiro atoms. The summed E-state index contributed by atoms with van der Waals surface area (Å²) < 4.78 is 24.0. The largest absolute Gasteiger partial charge is 0.298 e. The molecule has 86 valence electrons. The third-order valence-electron chi connectivity index (χ3n) is 1.94. The molecular formula is C8H14ClN3O2S. The number of hydrogen-bond donors (Lipinski definition) is 0. The van der Waals surface area contributed by atoms with E-state index in [4.69, 9.17) is 10.7 Å². The molecule has 0 radical (unpaired) electrons. The highest BCUT2D eigenvalue weighted by molar-refractivity contribution is 8.13. The Bertz CT molecular complexity index is 439. The van der Waals surface area contributed by atoms with Crippen molar-refractivity contribution in [1.82, 2.24) is 14.8 Å². The standard InChI is InChI=1S/C8H14ClN3O2S/c1-4-5-7-10-11-8(15(9,13)14)12(7)6(2)3/h6H,4-5H2,1-3H3. The minimum absolute atomic E-state index is 0.0231. The maximum absolute atomic E-state index is 11.2. The molecule has 0 atom stereocenters. The second-order valence-corrected chi connectivity index (χ2v) is 6.01. The second kappa shape index (κ2) is 4.49. The van der Waals surface area contributed by atoms with Crippen LogP contribution in [0.1, 0.15) is 39.1 Å². The lowest BCUT2D eigenvalue weighted by molar-refractivity contribution is 0.507. The van der Waals surface area contributed by atoms with Gasteiger partial charge < -0.3 is 0 Å². The van der Waals surface area contributed by atoms with E-state index < -0.39 is 9.05 Å². The van der Waals surface area contributed by atoms with Gasteiger partial charge in [0.25, 0.3) is 14.2 Å². The number of hydrogen-bond acceptors (Lipinski definition) is 4. The Kier molecular flexibility index (Phi) is 3.72. The minimum Gasteiger partial charge on any atom is -0.298 e. The van der Waals surface area contributed by atoms with Gasteiger partial charge in [-0.15, -0.1) is 10.2 Å². The molecule has 5 nitrogen and oxygen atoms in total. The van der Waals surface area contributed by atoms with Crippen molar-refractivity contribution in [2.45, 2.75) is 44.8 Å². The predicted molar refractivity (Wildman–Crippen MR) is 57.4 cm³/mol. The molecular weight excluding hydrogens is 238 g/mol. The third-order valence-corrected chi connectivity index (χ3v) is 3.07. The highest BCUT2D eigenvalue weighted by Gasteiger charge is 2.23. The third kappa shape index (κ3) is 2.69. The van der Waals surface area contributed by atoms with Crippen LogP contribution >= 0.6 is 10.7 Å². The van der Waals surface area contributed by atoms with Crippen molar-refractivity contribution in [3.63, 3.8) is 0 Å². The van der Waals surface area contributed by atoms with Crippen LogP contribution in [0, 0.1) is 0 Å². The Morgan fingerprint density at radius 3 is 2.40 bits per heavy atom. The average Bonchev–Trinajstić information content (AvgIpc) is 2.47. The molecule has 0 saturated heterocycles. The summed E-state index contributed by atoms with van der Waals surface area (Å²) in [5.74, 6) is 0.659. The van der Waals surface area contributed by atoms with Gasteiger partial charge in [0.1, 0.15) is 5.82 Å². The Balaban J connectivity index is 3.31. The summed E-state index contributed by atoms with van der Waals surface area (Å²) in [6.07, 6.45) is 1.57. The maximum Gasteiger partial charge on any atom is 0.296 e. The fourth-order valence-corrected chi connectivity index (χ4v) is 2.39. The van der Waals surface area contributed by atoms with Gasteiger partial charge >= 0.3 is 0 Å². The molecule has 0 aromatic carbocycles. The molecule has 0 aliphatic heterocycles. The van der Waals surface area contributed by atoms with Crippen molar-refractivity contribution < 1.29 is 8.42 Å². The summed E-state index contributed by atoms with van der Waals surface area (Å²) in [5.41, 5.74) is 0. The van der Waals surface area contributed by atoms with Crippen molar-refractivity contribution in [2.75, 3.05) is 0 Å². The summed E-state index contributed by atoms with van der Waals surface area (Å²) in [6, 6.07) is -0.0231. The number of rotatable bonds is 4. The van der Waals surface area contributed by atoms with Crippen LogP contribution in [-0.4, -0.2) is 23.2 Å². The SMILES string of the molecule is CCCc1nnc(S(=O)(=O)Cl)n1C(C)C. The van der Waals surface area contributed by atoms with Crippen LogP contribution in [0.4, 0.5) is 0 Å². The Morgan fingerprint density at radius 2 is 2.00 bits per heavy atom. The van der Waals surface area contributed by atoms with Crippen LogP contribution < -0.4 is 0 Å². The van der Waals surface area contributed by atoms with Crippen molar-refractivity contribution in [1.29, 1.82) is 0 Å². The molecule has 0 bridgehead atoms. The van der Waals surface area contributed by atoms with Crippen molar-refractivity contribution in [3.05, 3.63) is 5.82 Å². The van der Waals surface area contributed by atoms with E-state index in [1.54, 1.807) is 4.57 Å². The van der Waals surface area contributed by atoms with E-state index in [0.29, 0.717) is 12.2 Å². The van der Waals surface area contributed by atoms with Crippen LogP contribution in [0.5, 0.6) is 0 Å². The fourth-order valence-electron chi connectivity index (χ4n) is 1.39. The molecule has 1 rings (SSSR count). The van der Waals surface area contributed by atoms with Gasteiger partial charge in [0, 0.05) is 23.1 Å².